The molecule has 0 saturated carbocycles. The van der Waals surface area contributed by atoms with E-state index in [2.05, 4.69) is 4.98 Å². The Bertz CT molecular complexity index is 579. The van der Waals surface area contributed by atoms with Gasteiger partial charge in [0.1, 0.15) is 0 Å². The highest BCUT2D eigenvalue weighted by atomic mass is 16.1. The molecule has 0 atom stereocenters. The van der Waals surface area contributed by atoms with Crippen molar-refractivity contribution in [3.63, 3.8) is 0 Å². The average molecular weight is 241 g/mol. The first-order valence-electron chi connectivity index (χ1n) is 5.61. The van der Waals surface area contributed by atoms with Crippen molar-refractivity contribution in [2.45, 2.75) is 0 Å². The van der Waals surface area contributed by atoms with Gasteiger partial charge in [-0.25, -0.2) is 0 Å². The van der Waals surface area contributed by atoms with Gasteiger partial charge in [0, 0.05) is 43.3 Å². The molecule has 2 rings (SSSR count). The van der Waals surface area contributed by atoms with E-state index in [1.165, 1.54) is 6.20 Å². The molecule has 1 heterocycles. The third-order valence-electron chi connectivity index (χ3n) is 2.72. The molecule has 18 heavy (non-hydrogen) atoms. The Morgan fingerprint density at radius 1 is 1.22 bits per heavy atom. The lowest BCUT2D eigenvalue weighted by molar-refractivity contribution is 0.1000. The zero-order chi connectivity index (χ0) is 13.1. The largest absolute Gasteiger partial charge is 0.377 e. The topological polar surface area (TPSA) is 59.2 Å². The summed E-state index contributed by atoms with van der Waals surface area (Å²) in [5.74, 6) is -0.466. The number of nitrogens with zero attached hydrogens (tertiary/aromatic N) is 2. The summed E-state index contributed by atoms with van der Waals surface area (Å²) in [6, 6.07) is 9.71. The fourth-order valence-electron chi connectivity index (χ4n) is 1.83. The Hall–Kier alpha value is -2.36. The summed E-state index contributed by atoms with van der Waals surface area (Å²) >= 11 is 0. The van der Waals surface area contributed by atoms with Crippen LogP contribution in [0.1, 0.15) is 10.4 Å². The molecular weight excluding hydrogens is 226 g/mol. The number of aromatic nitrogens is 1. The molecule has 0 radical (unpaired) electrons. The summed E-state index contributed by atoms with van der Waals surface area (Å²) in [6.45, 7) is 0. The number of benzene rings is 1. The number of primary amides is 1. The summed E-state index contributed by atoms with van der Waals surface area (Å²) in [5, 5.41) is 0. The highest BCUT2D eigenvalue weighted by Crippen LogP contribution is 2.29. The fraction of sp³-hybridized carbons (Fsp3) is 0.143. The molecule has 4 heteroatoms. The van der Waals surface area contributed by atoms with Gasteiger partial charge in [-0.05, 0) is 12.1 Å². The minimum absolute atomic E-state index is 0.418. The second-order valence-corrected chi connectivity index (χ2v) is 4.24. The Balaban J connectivity index is 2.55. The monoisotopic (exact) mass is 241 g/mol. The van der Waals surface area contributed by atoms with Gasteiger partial charge in [-0.1, -0.05) is 18.2 Å². The predicted octanol–water partition coefficient (Wildman–Crippen LogP) is 1.91. The summed E-state index contributed by atoms with van der Waals surface area (Å²) in [5.41, 5.74) is 8.67. The van der Waals surface area contributed by atoms with Crippen LogP contribution in [0.15, 0.2) is 42.7 Å². The van der Waals surface area contributed by atoms with Gasteiger partial charge in [-0.3, -0.25) is 9.78 Å². The average Bonchev–Trinajstić information content (AvgIpc) is 2.39. The number of anilines is 1. The Morgan fingerprint density at radius 2 is 1.94 bits per heavy atom. The first-order valence-corrected chi connectivity index (χ1v) is 5.61. The van der Waals surface area contributed by atoms with Crippen LogP contribution in [0.3, 0.4) is 0 Å². The molecule has 2 N–H and O–H groups in total. The highest BCUT2D eigenvalue weighted by molar-refractivity contribution is 5.94. The van der Waals surface area contributed by atoms with E-state index in [1.54, 1.807) is 12.3 Å². The lowest BCUT2D eigenvalue weighted by atomic mass is 10.0. The van der Waals surface area contributed by atoms with E-state index in [0.717, 1.165) is 16.8 Å². The summed E-state index contributed by atoms with van der Waals surface area (Å²) < 4.78 is 0. The van der Waals surface area contributed by atoms with Crippen LogP contribution in [0.4, 0.5) is 5.69 Å². The van der Waals surface area contributed by atoms with Gasteiger partial charge in [0.2, 0.25) is 5.91 Å². The smallest absolute Gasteiger partial charge is 0.250 e. The van der Waals surface area contributed by atoms with E-state index in [-0.39, 0.29) is 0 Å². The van der Waals surface area contributed by atoms with Gasteiger partial charge in [0.15, 0.2) is 0 Å². The molecule has 0 unspecified atom stereocenters. The number of hydrogen-bond donors (Lipinski definition) is 1. The quantitative estimate of drug-likeness (QED) is 0.893. The Labute approximate surface area is 106 Å². The van der Waals surface area contributed by atoms with Gasteiger partial charge in [0.05, 0.1) is 5.56 Å². The van der Waals surface area contributed by atoms with Gasteiger partial charge < -0.3 is 10.6 Å². The molecule has 0 aliphatic rings. The molecule has 1 aromatic carbocycles. The second-order valence-electron chi connectivity index (χ2n) is 4.24. The molecule has 0 aliphatic carbocycles. The number of nitrogens with two attached hydrogens (primary N) is 1. The zero-order valence-electron chi connectivity index (χ0n) is 10.4. The van der Waals surface area contributed by atoms with Gasteiger partial charge in [-0.15, -0.1) is 0 Å². The first-order chi connectivity index (χ1) is 8.59. The molecule has 4 nitrogen and oxygen atoms in total. The minimum atomic E-state index is -0.466. The van der Waals surface area contributed by atoms with Gasteiger partial charge in [0.25, 0.3) is 0 Å². The Morgan fingerprint density at radius 3 is 2.61 bits per heavy atom. The van der Waals surface area contributed by atoms with Crippen molar-refractivity contribution in [3.05, 3.63) is 48.3 Å². The van der Waals surface area contributed by atoms with Crippen molar-refractivity contribution in [2.24, 2.45) is 5.73 Å². The number of carbonyl (C=O) groups is 1. The van der Waals surface area contributed by atoms with Gasteiger partial charge in [-0.2, -0.15) is 0 Å². The molecule has 1 amide bonds. The number of para-hydroxylation sites is 1. The molecular formula is C14H15N3O. The molecule has 0 fully saturated rings. The number of hydrogen-bond acceptors (Lipinski definition) is 3. The third kappa shape index (κ3) is 2.32. The molecule has 0 spiro atoms. The van der Waals surface area contributed by atoms with E-state index in [9.17, 15) is 4.79 Å². The summed E-state index contributed by atoms with van der Waals surface area (Å²) in [4.78, 5) is 17.3. The van der Waals surface area contributed by atoms with Crippen LogP contribution in [-0.4, -0.2) is 25.0 Å². The fourth-order valence-corrected chi connectivity index (χ4v) is 1.83. The second kappa shape index (κ2) is 4.87. The predicted molar refractivity (Wildman–Crippen MR) is 72.5 cm³/mol. The minimum Gasteiger partial charge on any atom is -0.377 e. The molecule has 92 valence electrons. The Kier molecular flexibility index (Phi) is 3.28. The maximum absolute atomic E-state index is 11.2. The molecule has 0 aliphatic heterocycles. The van der Waals surface area contributed by atoms with Crippen molar-refractivity contribution in [2.75, 3.05) is 19.0 Å². The maximum atomic E-state index is 11.2. The van der Waals surface area contributed by atoms with Gasteiger partial charge >= 0.3 is 0 Å². The lowest BCUT2D eigenvalue weighted by Gasteiger charge is -2.17. The van der Waals surface area contributed by atoms with Crippen LogP contribution in [0, 0.1) is 0 Å². The summed E-state index contributed by atoms with van der Waals surface area (Å²) in [6.07, 6.45) is 3.21. The molecule has 1 aromatic heterocycles. The molecule has 0 saturated heterocycles. The number of pyridine rings is 1. The third-order valence-corrected chi connectivity index (χ3v) is 2.72. The summed E-state index contributed by atoms with van der Waals surface area (Å²) in [7, 11) is 3.95. The van der Waals surface area contributed by atoms with Crippen LogP contribution >= 0.6 is 0 Å². The van der Waals surface area contributed by atoms with Crippen molar-refractivity contribution in [3.8, 4) is 11.1 Å². The lowest BCUT2D eigenvalue weighted by Crippen LogP contribution is -2.12. The zero-order valence-corrected chi connectivity index (χ0v) is 10.4. The van der Waals surface area contributed by atoms with Crippen molar-refractivity contribution in [1.82, 2.24) is 4.98 Å². The molecule has 2 aromatic rings. The number of carbonyl (C=O) groups excluding carboxylic acids is 1. The van der Waals surface area contributed by atoms with Crippen molar-refractivity contribution >= 4 is 11.6 Å². The van der Waals surface area contributed by atoms with E-state index in [4.69, 9.17) is 5.73 Å². The van der Waals surface area contributed by atoms with Crippen LogP contribution < -0.4 is 10.6 Å². The number of amides is 1. The molecule has 0 bridgehead atoms. The van der Waals surface area contributed by atoms with Crippen molar-refractivity contribution in [1.29, 1.82) is 0 Å². The van der Waals surface area contributed by atoms with Crippen LogP contribution in [0.25, 0.3) is 11.1 Å². The SMILES string of the molecule is CN(C)c1ccccc1-c1cncc(C(N)=O)c1. The maximum Gasteiger partial charge on any atom is 0.250 e. The van der Waals surface area contributed by atoms with Crippen molar-refractivity contribution < 1.29 is 4.79 Å². The standard InChI is InChI=1S/C14H15N3O/c1-17(2)13-6-4-3-5-12(13)10-7-11(14(15)18)9-16-8-10/h3-9H,1-2H3,(H2,15,18). The normalized spacial score (nSPS) is 10.1. The van der Waals surface area contributed by atoms with E-state index >= 15 is 0 Å². The van der Waals surface area contributed by atoms with E-state index < -0.39 is 5.91 Å². The van der Waals surface area contributed by atoms with Crippen LogP contribution in [0.5, 0.6) is 0 Å². The van der Waals surface area contributed by atoms with E-state index in [0.29, 0.717) is 5.56 Å². The van der Waals surface area contributed by atoms with Crippen LogP contribution in [-0.2, 0) is 0 Å². The van der Waals surface area contributed by atoms with E-state index in [1.807, 2.05) is 43.3 Å². The van der Waals surface area contributed by atoms with Crippen LogP contribution in [0.2, 0.25) is 0 Å². The highest BCUT2D eigenvalue weighted by Gasteiger charge is 2.08. The number of rotatable bonds is 3. The first kappa shape index (κ1) is 12.1.